The van der Waals surface area contributed by atoms with Gasteiger partial charge in [-0.2, -0.15) is 0 Å². The molecule has 23 heavy (non-hydrogen) atoms. The summed E-state index contributed by atoms with van der Waals surface area (Å²) < 4.78 is 0. The highest BCUT2D eigenvalue weighted by molar-refractivity contribution is 14.0. The number of rotatable bonds is 4. The largest absolute Gasteiger partial charge is 0.352 e. The number of hydrogen-bond donors (Lipinski definition) is 1. The van der Waals surface area contributed by atoms with Gasteiger partial charge in [-0.1, -0.05) is 30.7 Å². The van der Waals surface area contributed by atoms with E-state index in [0.29, 0.717) is 0 Å². The number of nitrogens with zero attached hydrogens (tertiary/aromatic N) is 3. The van der Waals surface area contributed by atoms with Crippen LogP contribution >= 0.6 is 24.0 Å². The quantitative estimate of drug-likeness (QED) is 0.748. The standard InChI is InChI=1S/C18H28N4.HI/c1-15-5-3-4-11-22(15)14-17-8-6-16(7-9-17)13-20-18-19-10-12-21(18)2;/h6-9,15H,3-5,10-14H2,1-2H3,(H,19,20);1H. The lowest BCUT2D eigenvalue weighted by Gasteiger charge is -2.33. The summed E-state index contributed by atoms with van der Waals surface area (Å²) >= 11 is 0. The molecule has 1 aromatic rings. The van der Waals surface area contributed by atoms with Gasteiger partial charge in [0.15, 0.2) is 5.96 Å². The minimum atomic E-state index is 0. The highest BCUT2D eigenvalue weighted by atomic mass is 127. The summed E-state index contributed by atoms with van der Waals surface area (Å²) in [6, 6.07) is 9.77. The first kappa shape index (κ1) is 18.5. The maximum absolute atomic E-state index is 4.46. The first-order valence-corrected chi connectivity index (χ1v) is 8.54. The van der Waals surface area contributed by atoms with Gasteiger partial charge in [0, 0.05) is 32.7 Å². The highest BCUT2D eigenvalue weighted by Crippen LogP contribution is 2.19. The van der Waals surface area contributed by atoms with Crippen LogP contribution in [0.15, 0.2) is 29.3 Å². The number of piperidine rings is 1. The van der Waals surface area contributed by atoms with Gasteiger partial charge in [0.05, 0.1) is 6.54 Å². The van der Waals surface area contributed by atoms with Crippen LogP contribution in [0.1, 0.15) is 37.3 Å². The number of hydrogen-bond acceptors (Lipinski definition) is 4. The molecule has 0 amide bonds. The molecule has 4 nitrogen and oxygen atoms in total. The van der Waals surface area contributed by atoms with Gasteiger partial charge in [0.25, 0.3) is 0 Å². The number of benzene rings is 1. The van der Waals surface area contributed by atoms with Crippen LogP contribution in [0.4, 0.5) is 0 Å². The summed E-state index contributed by atoms with van der Waals surface area (Å²) in [5.41, 5.74) is 2.74. The lowest BCUT2D eigenvalue weighted by atomic mass is 10.0. The minimum absolute atomic E-state index is 0. The predicted molar refractivity (Wildman–Crippen MR) is 107 cm³/mol. The van der Waals surface area contributed by atoms with Crippen molar-refractivity contribution >= 4 is 29.9 Å². The van der Waals surface area contributed by atoms with Gasteiger partial charge in [-0.25, -0.2) is 0 Å². The molecule has 1 unspecified atom stereocenters. The molecular weight excluding hydrogens is 399 g/mol. The number of aliphatic imine (C=N–C) groups is 1. The summed E-state index contributed by atoms with van der Waals surface area (Å²) in [6.07, 6.45) is 4.08. The average Bonchev–Trinajstić information content (AvgIpc) is 2.94. The Kier molecular flexibility index (Phi) is 7.14. The Bertz CT molecular complexity index is 514. The maximum Gasteiger partial charge on any atom is 0.194 e. The van der Waals surface area contributed by atoms with Crippen molar-refractivity contribution in [2.75, 3.05) is 26.7 Å². The van der Waals surface area contributed by atoms with Gasteiger partial charge in [0.1, 0.15) is 0 Å². The van der Waals surface area contributed by atoms with Crippen LogP contribution in [0.3, 0.4) is 0 Å². The number of likely N-dealkylation sites (N-methyl/N-ethyl adjacent to an activating group) is 1. The first-order chi connectivity index (χ1) is 10.7. The summed E-state index contributed by atoms with van der Waals surface area (Å²) in [5.74, 6) is 1.02. The zero-order valence-electron chi connectivity index (χ0n) is 14.3. The SMILES string of the molecule is CC1CCCCN1Cc1ccc(CNC2=NCCN2C)cc1.I. The van der Waals surface area contributed by atoms with Crippen molar-refractivity contribution in [2.24, 2.45) is 4.99 Å². The van der Waals surface area contributed by atoms with E-state index in [-0.39, 0.29) is 24.0 Å². The Morgan fingerprint density at radius 3 is 2.52 bits per heavy atom. The van der Waals surface area contributed by atoms with Crippen LogP contribution in [-0.2, 0) is 13.1 Å². The molecule has 128 valence electrons. The minimum Gasteiger partial charge on any atom is -0.352 e. The molecule has 0 bridgehead atoms. The zero-order chi connectivity index (χ0) is 15.4. The second-order valence-electron chi connectivity index (χ2n) is 6.61. The maximum atomic E-state index is 4.46. The van der Waals surface area contributed by atoms with Gasteiger partial charge in [-0.3, -0.25) is 9.89 Å². The fourth-order valence-electron chi connectivity index (χ4n) is 3.29. The van der Waals surface area contributed by atoms with Crippen LogP contribution in [-0.4, -0.2) is 48.5 Å². The summed E-state index contributed by atoms with van der Waals surface area (Å²) in [4.78, 5) is 9.24. The van der Waals surface area contributed by atoms with E-state index in [4.69, 9.17) is 0 Å². The van der Waals surface area contributed by atoms with Crippen molar-refractivity contribution in [3.63, 3.8) is 0 Å². The van der Waals surface area contributed by atoms with Crippen molar-refractivity contribution in [1.29, 1.82) is 0 Å². The summed E-state index contributed by atoms with van der Waals surface area (Å²) in [6.45, 7) is 7.47. The Morgan fingerprint density at radius 2 is 1.87 bits per heavy atom. The second kappa shape index (κ2) is 8.87. The number of halogens is 1. The van der Waals surface area contributed by atoms with Gasteiger partial charge < -0.3 is 10.2 Å². The molecule has 5 heteroatoms. The molecule has 0 radical (unpaired) electrons. The van der Waals surface area contributed by atoms with Crippen molar-refractivity contribution < 1.29 is 0 Å². The van der Waals surface area contributed by atoms with E-state index in [1.165, 1.54) is 36.9 Å². The molecule has 0 spiro atoms. The first-order valence-electron chi connectivity index (χ1n) is 8.54. The van der Waals surface area contributed by atoms with Gasteiger partial charge in [0.2, 0.25) is 0 Å². The van der Waals surface area contributed by atoms with E-state index in [9.17, 15) is 0 Å². The lowest BCUT2D eigenvalue weighted by molar-refractivity contribution is 0.152. The average molecular weight is 428 g/mol. The fraction of sp³-hybridized carbons (Fsp3) is 0.611. The molecule has 0 aromatic heterocycles. The normalized spacial score (nSPS) is 21.7. The van der Waals surface area contributed by atoms with E-state index in [2.05, 4.69) is 58.3 Å². The Morgan fingerprint density at radius 1 is 1.13 bits per heavy atom. The van der Waals surface area contributed by atoms with Crippen LogP contribution in [0.2, 0.25) is 0 Å². The van der Waals surface area contributed by atoms with Crippen molar-refractivity contribution in [3.8, 4) is 0 Å². The number of nitrogens with one attached hydrogen (secondary N) is 1. The molecule has 2 heterocycles. The molecule has 1 N–H and O–H groups in total. The molecule has 2 aliphatic rings. The third kappa shape index (κ3) is 5.08. The zero-order valence-corrected chi connectivity index (χ0v) is 16.6. The lowest BCUT2D eigenvalue weighted by Crippen LogP contribution is -2.36. The smallest absolute Gasteiger partial charge is 0.194 e. The van der Waals surface area contributed by atoms with Gasteiger partial charge in [-0.15, -0.1) is 24.0 Å². The molecule has 3 rings (SSSR count). The topological polar surface area (TPSA) is 30.9 Å². The van der Waals surface area contributed by atoms with Crippen LogP contribution in [0.25, 0.3) is 0 Å². The van der Waals surface area contributed by atoms with E-state index >= 15 is 0 Å². The Hall–Kier alpha value is -0.820. The van der Waals surface area contributed by atoms with Crippen LogP contribution in [0.5, 0.6) is 0 Å². The third-order valence-electron chi connectivity index (χ3n) is 4.86. The molecular formula is C18H29IN4. The molecule has 1 atom stereocenters. The Labute approximate surface area is 157 Å². The molecule has 1 fully saturated rings. The fourth-order valence-corrected chi connectivity index (χ4v) is 3.29. The van der Waals surface area contributed by atoms with Gasteiger partial charge >= 0.3 is 0 Å². The highest BCUT2D eigenvalue weighted by Gasteiger charge is 2.18. The van der Waals surface area contributed by atoms with Crippen molar-refractivity contribution in [2.45, 2.75) is 45.3 Å². The van der Waals surface area contributed by atoms with Crippen molar-refractivity contribution in [1.82, 2.24) is 15.1 Å². The number of likely N-dealkylation sites (tertiary alicyclic amines) is 1. The molecule has 1 aromatic carbocycles. The molecule has 0 aliphatic carbocycles. The Balaban J connectivity index is 0.00000192. The van der Waals surface area contributed by atoms with Crippen LogP contribution in [0, 0.1) is 0 Å². The van der Waals surface area contributed by atoms with E-state index in [1.807, 2.05) is 0 Å². The number of guanidine groups is 1. The second-order valence-corrected chi connectivity index (χ2v) is 6.61. The summed E-state index contributed by atoms with van der Waals surface area (Å²) in [5, 5.41) is 3.42. The molecule has 1 saturated heterocycles. The van der Waals surface area contributed by atoms with E-state index < -0.39 is 0 Å². The summed E-state index contributed by atoms with van der Waals surface area (Å²) in [7, 11) is 2.09. The van der Waals surface area contributed by atoms with Crippen LogP contribution < -0.4 is 5.32 Å². The molecule has 2 aliphatic heterocycles. The third-order valence-corrected chi connectivity index (χ3v) is 4.86. The van der Waals surface area contributed by atoms with E-state index in [0.717, 1.165) is 38.2 Å². The van der Waals surface area contributed by atoms with E-state index in [1.54, 1.807) is 0 Å². The van der Waals surface area contributed by atoms with Gasteiger partial charge in [-0.05, 0) is 37.4 Å². The van der Waals surface area contributed by atoms with Crippen molar-refractivity contribution in [3.05, 3.63) is 35.4 Å². The predicted octanol–water partition coefficient (Wildman–Crippen LogP) is 3.07. The molecule has 0 saturated carbocycles. The monoisotopic (exact) mass is 428 g/mol.